The van der Waals surface area contributed by atoms with E-state index in [0.717, 1.165) is 35.0 Å². The van der Waals surface area contributed by atoms with E-state index in [0.29, 0.717) is 18.6 Å². The maximum Gasteiger partial charge on any atom is 0.146 e. The highest BCUT2D eigenvalue weighted by atomic mass is 16.2. The van der Waals surface area contributed by atoms with Gasteiger partial charge in [0.25, 0.3) is 0 Å². The molecular weight excluding hydrogens is 348 g/mol. The molecule has 0 fully saturated rings. The fourth-order valence-corrected chi connectivity index (χ4v) is 3.54. The topological polar surface area (TPSA) is 66.8 Å². The molecule has 0 unspecified atom stereocenters. The zero-order chi connectivity index (χ0) is 19.3. The summed E-state index contributed by atoms with van der Waals surface area (Å²) >= 11 is 0. The first-order chi connectivity index (χ1) is 13.8. The first-order valence-electron chi connectivity index (χ1n) is 9.61. The standard InChI is InChI=1S/C23H24N4O/c24-22-21-20(19-11-5-2-6-12-19)16-27(15-18-9-3-1-4-10-18)23(21)25-17-26(22)13-7-8-14-28/h1-6,9-12,16-17,24,28H,7-8,13-15H2. The van der Waals surface area contributed by atoms with Crippen LogP contribution in [0.3, 0.4) is 0 Å². The Hall–Kier alpha value is -3.18. The number of hydrogen-bond acceptors (Lipinski definition) is 3. The van der Waals surface area contributed by atoms with Crippen LogP contribution in [0.25, 0.3) is 22.2 Å². The number of fused-ring (bicyclic) bond motifs is 1. The molecule has 0 saturated heterocycles. The van der Waals surface area contributed by atoms with E-state index in [1.807, 2.05) is 41.0 Å². The van der Waals surface area contributed by atoms with Crippen LogP contribution in [0.2, 0.25) is 0 Å². The quantitative estimate of drug-likeness (QED) is 0.485. The summed E-state index contributed by atoms with van der Waals surface area (Å²) in [6.45, 7) is 1.57. The predicted molar refractivity (Wildman–Crippen MR) is 111 cm³/mol. The fraction of sp³-hybridized carbons (Fsp3) is 0.217. The van der Waals surface area contributed by atoms with Gasteiger partial charge >= 0.3 is 0 Å². The van der Waals surface area contributed by atoms with E-state index in [9.17, 15) is 0 Å². The lowest BCUT2D eigenvalue weighted by molar-refractivity contribution is 0.280. The van der Waals surface area contributed by atoms with Crippen molar-refractivity contribution in [2.45, 2.75) is 25.9 Å². The molecule has 5 heteroatoms. The van der Waals surface area contributed by atoms with Crippen molar-refractivity contribution in [3.05, 3.63) is 84.2 Å². The lowest BCUT2D eigenvalue weighted by Gasteiger charge is -2.09. The molecule has 2 aromatic heterocycles. The molecule has 0 atom stereocenters. The van der Waals surface area contributed by atoms with Crippen molar-refractivity contribution in [1.29, 1.82) is 5.41 Å². The molecule has 2 N–H and O–H groups in total. The Bertz CT molecular complexity index is 1110. The molecule has 142 valence electrons. The summed E-state index contributed by atoms with van der Waals surface area (Å²) in [5.74, 6) is 0. The van der Waals surface area contributed by atoms with Crippen LogP contribution in [-0.2, 0) is 13.1 Å². The van der Waals surface area contributed by atoms with Gasteiger partial charge in [0.15, 0.2) is 0 Å². The number of aliphatic hydroxyl groups excluding tert-OH is 1. The predicted octanol–water partition coefficient (Wildman–Crippen LogP) is 3.81. The largest absolute Gasteiger partial charge is 0.396 e. The minimum absolute atomic E-state index is 0.173. The molecule has 0 saturated carbocycles. The normalized spacial score (nSPS) is 11.2. The molecule has 0 aliphatic rings. The van der Waals surface area contributed by atoms with E-state index >= 15 is 0 Å². The summed E-state index contributed by atoms with van der Waals surface area (Å²) in [5.41, 5.74) is 4.61. The number of aryl methyl sites for hydroxylation is 1. The molecule has 0 spiro atoms. The molecule has 0 bridgehead atoms. The lowest BCUT2D eigenvalue weighted by atomic mass is 10.1. The van der Waals surface area contributed by atoms with Crippen LogP contribution < -0.4 is 5.49 Å². The molecular formula is C23H24N4O. The van der Waals surface area contributed by atoms with Gasteiger partial charge in [-0.05, 0) is 24.0 Å². The Balaban J connectivity index is 1.85. The highest BCUT2D eigenvalue weighted by Crippen LogP contribution is 2.28. The summed E-state index contributed by atoms with van der Waals surface area (Å²) < 4.78 is 4.00. The minimum atomic E-state index is 0.173. The van der Waals surface area contributed by atoms with Gasteiger partial charge in [-0.2, -0.15) is 0 Å². The lowest BCUT2D eigenvalue weighted by Crippen LogP contribution is -2.21. The van der Waals surface area contributed by atoms with Crippen molar-refractivity contribution in [2.24, 2.45) is 0 Å². The summed E-state index contributed by atoms with van der Waals surface area (Å²) in [7, 11) is 0. The Labute approximate surface area is 164 Å². The first-order valence-corrected chi connectivity index (χ1v) is 9.61. The molecule has 0 radical (unpaired) electrons. The Morgan fingerprint density at radius 2 is 1.61 bits per heavy atom. The van der Waals surface area contributed by atoms with Gasteiger partial charge in [-0.25, -0.2) is 4.98 Å². The van der Waals surface area contributed by atoms with Crippen LogP contribution in [0.4, 0.5) is 0 Å². The van der Waals surface area contributed by atoms with Crippen LogP contribution in [0.5, 0.6) is 0 Å². The molecule has 2 aromatic carbocycles. The summed E-state index contributed by atoms with van der Waals surface area (Å²) in [5, 5.41) is 18.7. The molecule has 4 aromatic rings. The zero-order valence-corrected chi connectivity index (χ0v) is 15.8. The van der Waals surface area contributed by atoms with Crippen molar-refractivity contribution >= 4 is 11.0 Å². The average Bonchev–Trinajstić information content (AvgIpc) is 3.10. The Morgan fingerprint density at radius 1 is 0.893 bits per heavy atom. The highest BCUT2D eigenvalue weighted by molar-refractivity contribution is 5.93. The maximum atomic E-state index is 9.05. The van der Waals surface area contributed by atoms with Crippen molar-refractivity contribution < 1.29 is 5.11 Å². The van der Waals surface area contributed by atoms with Gasteiger partial charge in [-0.3, -0.25) is 5.41 Å². The highest BCUT2D eigenvalue weighted by Gasteiger charge is 2.15. The van der Waals surface area contributed by atoms with Gasteiger partial charge in [0.05, 0.1) is 11.7 Å². The van der Waals surface area contributed by atoms with Crippen LogP contribution in [0.15, 0.2) is 73.2 Å². The number of benzene rings is 2. The molecule has 0 amide bonds. The van der Waals surface area contributed by atoms with Gasteiger partial charge in [0.1, 0.15) is 11.1 Å². The number of rotatable bonds is 7. The van der Waals surface area contributed by atoms with E-state index in [2.05, 4.69) is 35.0 Å². The summed E-state index contributed by atoms with van der Waals surface area (Å²) in [4.78, 5) is 4.71. The molecule has 0 aliphatic carbocycles. The Kier molecular flexibility index (Phi) is 5.35. The summed E-state index contributed by atoms with van der Waals surface area (Å²) in [6.07, 6.45) is 5.41. The molecule has 5 nitrogen and oxygen atoms in total. The third-order valence-electron chi connectivity index (χ3n) is 4.98. The van der Waals surface area contributed by atoms with Crippen molar-refractivity contribution in [3.63, 3.8) is 0 Å². The monoisotopic (exact) mass is 372 g/mol. The van der Waals surface area contributed by atoms with E-state index < -0.39 is 0 Å². The second kappa shape index (κ2) is 8.23. The van der Waals surface area contributed by atoms with Gasteiger partial charge < -0.3 is 14.2 Å². The van der Waals surface area contributed by atoms with Crippen LogP contribution in [0.1, 0.15) is 18.4 Å². The van der Waals surface area contributed by atoms with E-state index in [4.69, 9.17) is 15.5 Å². The number of nitrogens with zero attached hydrogens (tertiary/aromatic N) is 3. The third kappa shape index (κ3) is 3.62. The number of aromatic nitrogens is 3. The number of hydrogen-bond donors (Lipinski definition) is 2. The molecule has 4 rings (SSSR count). The zero-order valence-electron chi connectivity index (χ0n) is 15.8. The second-order valence-corrected chi connectivity index (χ2v) is 6.94. The average molecular weight is 372 g/mol. The van der Waals surface area contributed by atoms with Crippen LogP contribution in [-0.4, -0.2) is 25.8 Å². The smallest absolute Gasteiger partial charge is 0.146 e. The number of aliphatic hydroxyl groups is 1. The second-order valence-electron chi connectivity index (χ2n) is 6.94. The Morgan fingerprint density at radius 3 is 2.32 bits per heavy atom. The van der Waals surface area contributed by atoms with E-state index in [-0.39, 0.29) is 6.61 Å². The van der Waals surface area contributed by atoms with Crippen molar-refractivity contribution in [3.8, 4) is 11.1 Å². The SMILES string of the molecule is N=c1c2c(-c3ccccc3)cn(Cc3ccccc3)c2ncn1CCCCO. The minimum Gasteiger partial charge on any atom is -0.396 e. The van der Waals surface area contributed by atoms with Crippen LogP contribution >= 0.6 is 0 Å². The fourth-order valence-electron chi connectivity index (χ4n) is 3.54. The molecule has 2 heterocycles. The number of nitrogens with one attached hydrogen (secondary N) is 1. The molecule has 0 aliphatic heterocycles. The first kappa shape index (κ1) is 18.2. The van der Waals surface area contributed by atoms with Crippen molar-refractivity contribution in [1.82, 2.24) is 14.1 Å². The third-order valence-corrected chi connectivity index (χ3v) is 4.98. The van der Waals surface area contributed by atoms with Crippen LogP contribution in [0, 0.1) is 5.41 Å². The maximum absolute atomic E-state index is 9.05. The van der Waals surface area contributed by atoms with Gasteiger partial charge in [0.2, 0.25) is 0 Å². The molecule has 28 heavy (non-hydrogen) atoms. The van der Waals surface area contributed by atoms with Gasteiger partial charge in [-0.15, -0.1) is 0 Å². The van der Waals surface area contributed by atoms with E-state index in [1.165, 1.54) is 5.56 Å². The van der Waals surface area contributed by atoms with Gasteiger partial charge in [0, 0.05) is 31.5 Å². The van der Waals surface area contributed by atoms with E-state index in [1.54, 1.807) is 6.33 Å². The summed E-state index contributed by atoms with van der Waals surface area (Å²) in [6, 6.07) is 20.5. The van der Waals surface area contributed by atoms with Gasteiger partial charge in [-0.1, -0.05) is 60.7 Å². The number of unbranched alkanes of at least 4 members (excludes halogenated alkanes) is 1. The van der Waals surface area contributed by atoms with Crippen molar-refractivity contribution in [2.75, 3.05) is 6.61 Å².